The first kappa shape index (κ1) is 16.9. The van der Waals surface area contributed by atoms with E-state index in [9.17, 15) is 4.79 Å². The van der Waals surface area contributed by atoms with Crippen LogP contribution in [-0.4, -0.2) is 23.6 Å². The van der Waals surface area contributed by atoms with Crippen molar-refractivity contribution >= 4 is 11.7 Å². The molecule has 1 aliphatic carbocycles. The summed E-state index contributed by atoms with van der Waals surface area (Å²) in [6.45, 7) is 0.680. The van der Waals surface area contributed by atoms with E-state index in [4.69, 9.17) is 9.47 Å². The molecule has 2 aromatic rings. The molecule has 26 heavy (non-hydrogen) atoms. The summed E-state index contributed by atoms with van der Waals surface area (Å²) in [7, 11) is 0. The summed E-state index contributed by atoms with van der Waals surface area (Å²) in [6, 6.07) is 11.4. The van der Waals surface area contributed by atoms with E-state index in [1.54, 1.807) is 6.20 Å². The molecular weight excluding hydrogens is 328 g/mol. The highest BCUT2D eigenvalue weighted by molar-refractivity contribution is 5.95. The number of nitrogens with one attached hydrogen (secondary N) is 1. The summed E-state index contributed by atoms with van der Waals surface area (Å²) in [5, 5.41) is 2.88. The maximum atomic E-state index is 12.6. The molecule has 0 spiro atoms. The minimum absolute atomic E-state index is 0.192. The average Bonchev–Trinajstić information content (AvgIpc) is 3.12. The molecule has 5 nitrogen and oxygen atoms in total. The fourth-order valence-electron chi connectivity index (χ4n) is 3.69. The lowest BCUT2D eigenvalue weighted by atomic mass is 9.90. The standard InChI is InChI=1S/C21H24N2O3/c24-21(19-13-16-9-4-5-10-17(16)26-19)23-20-18(11-6-12-22-20)25-14-15-7-2-1-3-8-15/h4-6,9-12,15,19H,1-3,7-8,13-14H2,(H,22,23,24). The third kappa shape index (κ3) is 3.82. The zero-order valence-corrected chi connectivity index (χ0v) is 14.8. The van der Waals surface area contributed by atoms with Crippen LogP contribution in [0.15, 0.2) is 42.6 Å². The van der Waals surface area contributed by atoms with Gasteiger partial charge in [-0.25, -0.2) is 4.98 Å². The summed E-state index contributed by atoms with van der Waals surface area (Å²) < 4.78 is 11.7. The Morgan fingerprint density at radius 1 is 1.15 bits per heavy atom. The Balaban J connectivity index is 1.38. The van der Waals surface area contributed by atoms with Crippen molar-refractivity contribution in [2.75, 3.05) is 11.9 Å². The third-order valence-corrected chi connectivity index (χ3v) is 5.15. The van der Waals surface area contributed by atoms with Gasteiger partial charge < -0.3 is 14.8 Å². The van der Waals surface area contributed by atoms with Gasteiger partial charge in [0.1, 0.15) is 5.75 Å². The van der Waals surface area contributed by atoms with Crippen LogP contribution in [-0.2, 0) is 11.2 Å². The van der Waals surface area contributed by atoms with Crippen molar-refractivity contribution in [2.45, 2.75) is 44.6 Å². The van der Waals surface area contributed by atoms with Crippen molar-refractivity contribution < 1.29 is 14.3 Å². The van der Waals surface area contributed by atoms with Gasteiger partial charge in [0.2, 0.25) is 0 Å². The SMILES string of the molecule is O=C(Nc1ncccc1OCC1CCCCC1)C1Cc2ccccc2O1. The number of carbonyl (C=O) groups excluding carboxylic acids is 1. The van der Waals surface area contributed by atoms with Gasteiger partial charge in [0.05, 0.1) is 6.61 Å². The molecule has 1 saturated carbocycles. The molecule has 2 aliphatic rings. The fraction of sp³-hybridized carbons (Fsp3) is 0.429. The first-order chi connectivity index (χ1) is 12.8. The third-order valence-electron chi connectivity index (χ3n) is 5.15. The van der Waals surface area contributed by atoms with E-state index in [0.717, 1.165) is 11.3 Å². The zero-order chi connectivity index (χ0) is 17.8. The van der Waals surface area contributed by atoms with Crippen molar-refractivity contribution in [3.63, 3.8) is 0 Å². The molecular formula is C21H24N2O3. The molecule has 1 aromatic carbocycles. The van der Waals surface area contributed by atoms with Crippen LogP contribution >= 0.6 is 0 Å². The minimum Gasteiger partial charge on any atom is -0.489 e. The highest BCUT2D eigenvalue weighted by atomic mass is 16.5. The number of ether oxygens (including phenoxy) is 2. The number of para-hydroxylation sites is 1. The second-order valence-corrected chi connectivity index (χ2v) is 7.07. The largest absolute Gasteiger partial charge is 0.489 e. The number of hydrogen-bond acceptors (Lipinski definition) is 4. The Morgan fingerprint density at radius 2 is 2.00 bits per heavy atom. The lowest BCUT2D eigenvalue weighted by Crippen LogP contribution is -2.32. The molecule has 1 unspecified atom stereocenters. The molecule has 136 valence electrons. The molecule has 1 amide bonds. The van der Waals surface area contributed by atoms with Crippen LogP contribution in [0.5, 0.6) is 11.5 Å². The van der Waals surface area contributed by atoms with Gasteiger partial charge in [-0.1, -0.05) is 37.5 Å². The summed E-state index contributed by atoms with van der Waals surface area (Å²) in [4.78, 5) is 16.9. The van der Waals surface area contributed by atoms with Crippen LogP contribution in [0.25, 0.3) is 0 Å². The summed E-state index contributed by atoms with van der Waals surface area (Å²) in [5.74, 6) is 2.28. The predicted octanol–water partition coefficient (Wildman–Crippen LogP) is 3.98. The van der Waals surface area contributed by atoms with Crippen LogP contribution in [0.1, 0.15) is 37.7 Å². The highest BCUT2D eigenvalue weighted by Crippen LogP contribution is 2.30. The number of hydrogen-bond donors (Lipinski definition) is 1. The molecule has 0 radical (unpaired) electrons. The van der Waals surface area contributed by atoms with Gasteiger partial charge in [0.15, 0.2) is 17.7 Å². The van der Waals surface area contributed by atoms with Gasteiger partial charge in [-0.15, -0.1) is 0 Å². The first-order valence-corrected chi connectivity index (χ1v) is 9.43. The van der Waals surface area contributed by atoms with Crippen LogP contribution in [0, 0.1) is 5.92 Å². The molecule has 0 saturated heterocycles. The van der Waals surface area contributed by atoms with Crippen LogP contribution in [0.3, 0.4) is 0 Å². The first-order valence-electron chi connectivity index (χ1n) is 9.43. The number of rotatable bonds is 5. The Kier molecular flexibility index (Phi) is 5.04. The quantitative estimate of drug-likeness (QED) is 0.884. The topological polar surface area (TPSA) is 60.5 Å². The minimum atomic E-state index is -0.527. The van der Waals surface area contributed by atoms with E-state index < -0.39 is 6.10 Å². The zero-order valence-electron chi connectivity index (χ0n) is 14.8. The van der Waals surface area contributed by atoms with E-state index in [2.05, 4.69) is 10.3 Å². The molecule has 1 aliphatic heterocycles. The van der Waals surface area contributed by atoms with Crippen molar-refractivity contribution in [2.24, 2.45) is 5.92 Å². The van der Waals surface area contributed by atoms with Crippen molar-refractivity contribution in [1.29, 1.82) is 0 Å². The number of pyridine rings is 1. The molecule has 1 aromatic heterocycles. The number of anilines is 1. The van der Waals surface area contributed by atoms with Crippen LogP contribution in [0.4, 0.5) is 5.82 Å². The highest BCUT2D eigenvalue weighted by Gasteiger charge is 2.29. The number of fused-ring (bicyclic) bond motifs is 1. The summed E-state index contributed by atoms with van der Waals surface area (Å²) in [6.07, 6.45) is 8.04. The van der Waals surface area contributed by atoms with Gasteiger partial charge in [0.25, 0.3) is 5.91 Å². The molecule has 1 atom stereocenters. The number of benzene rings is 1. The molecule has 4 rings (SSSR count). The Bertz CT molecular complexity index is 746. The Hall–Kier alpha value is -2.56. The molecule has 0 bridgehead atoms. The lowest BCUT2D eigenvalue weighted by molar-refractivity contribution is -0.122. The molecule has 5 heteroatoms. The van der Waals surface area contributed by atoms with Crippen LogP contribution < -0.4 is 14.8 Å². The molecule has 1 N–H and O–H groups in total. The number of aromatic nitrogens is 1. The molecule has 1 fully saturated rings. The molecule has 2 heterocycles. The average molecular weight is 352 g/mol. The fourth-order valence-corrected chi connectivity index (χ4v) is 3.69. The van der Waals surface area contributed by atoms with Crippen LogP contribution in [0.2, 0.25) is 0 Å². The normalized spacial score (nSPS) is 19.5. The van der Waals surface area contributed by atoms with Crippen molar-refractivity contribution in [3.05, 3.63) is 48.2 Å². The summed E-state index contributed by atoms with van der Waals surface area (Å²) >= 11 is 0. The van der Waals surface area contributed by atoms with Gasteiger partial charge in [0, 0.05) is 12.6 Å². The number of amides is 1. The summed E-state index contributed by atoms with van der Waals surface area (Å²) in [5.41, 5.74) is 1.06. The van der Waals surface area contributed by atoms with E-state index in [1.807, 2.05) is 36.4 Å². The maximum absolute atomic E-state index is 12.6. The van der Waals surface area contributed by atoms with E-state index in [-0.39, 0.29) is 5.91 Å². The van der Waals surface area contributed by atoms with Gasteiger partial charge in [-0.05, 0) is 42.5 Å². The van der Waals surface area contributed by atoms with E-state index in [0.29, 0.717) is 30.5 Å². The van der Waals surface area contributed by atoms with E-state index >= 15 is 0 Å². The van der Waals surface area contributed by atoms with E-state index in [1.165, 1.54) is 32.1 Å². The van der Waals surface area contributed by atoms with Crippen molar-refractivity contribution in [1.82, 2.24) is 4.98 Å². The predicted molar refractivity (Wildman–Crippen MR) is 99.5 cm³/mol. The van der Waals surface area contributed by atoms with Gasteiger partial charge >= 0.3 is 0 Å². The second-order valence-electron chi connectivity index (χ2n) is 7.07. The maximum Gasteiger partial charge on any atom is 0.267 e. The van der Waals surface area contributed by atoms with Gasteiger partial charge in [-0.2, -0.15) is 0 Å². The lowest BCUT2D eigenvalue weighted by Gasteiger charge is -2.22. The van der Waals surface area contributed by atoms with Crippen molar-refractivity contribution in [3.8, 4) is 11.5 Å². The number of carbonyl (C=O) groups is 1. The number of nitrogens with zero attached hydrogens (tertiary/aromatic N) is 1. The smallest absolute Gasteiger partial charge is 0.267 e. The Labute approximate surface area is 153 Å². The Morgan fingerprint density at radius 3 is 2.85 bits per heavy atom. The monoisotopic (exact) mass is 352 g/mol. The van der Waals surface area contributed by atoms with Gasteiger partial charge in [-0.3, -0.25) is 4.79 Å². The second kappa shape index (κ2) is 7.77.